The number of aryl methyl sites for hydroxylation is 1. The van der Waals surface area contributed by atoms with E-state index in [1.165, 1.54) is 0 Å². The van der Waals surface area contributed by atoms with Gasteiger partial charge in [0.2, 0.25) is 5.91 Å². The molecule has 1 aromatic carbocycles. The van der Waals surface area contributed by atoms with E-state index in [1.807, 2.05) is 49.9 Å². The van der Waals surface area contributed by atoms with E-state index < -0.39 is 5.97 Å². The lowest BCUT2D eigenvalue weighted by Crippen LogP contribution is -2.41. The zero-order valence-corrected chi connectivity index (χ0v) is 13.0. The Morgan fingerprint density at radius 2 is 1.90 bits per heavy atom. The lowest BCUT2D eigenvalue weighted by molar-refractivity contribution is -0.137. The normalized spacial score (nSPS) is 10.7. The van der Waals surface area contributed by atoms with Crippen LogP contribution in [0.1, 0.15) is 25.8 Å². The van der Waals surface area contributed by atoms with Crippen molar-refractivity contribution in [2.75, 3.05) is 31.1 Å². The van der Waals surface area contributed by atoms with E-state index in [-0.39, 0.29) is 18.9 Å². The second-order valence-corrected chi connectivity index (χ2v) is 4.99. The molecule has 0 fully saturated rings. The highest BCUT2D eigenvalue weighted by Crippen LogP contribution is 2.16. The highest BCUT2D eigenvalue weighted by molar-refractivity contribution is 5.94. The van der Waals surface area contributed by atoms with Crippen LogP contribution < -0.4 is 4.90 Å². The van der Waals surface area contributed by atoms with Crippen molar-refractivity contribution in [1.29, 1.82) is 0 Å². The van der Waals surface area contributed by atoms with Gasteiger partial charge in [-0.05, 0) is 38.1 Å². The largest absolute Gasteiger partial charge is 0.481 e. The molecule has 0 bridgehead atoms. The standard InChI is InChI=1S/C16H24N2O3/c1-4-17(10-9-16(20)21)12-15(19)18(5-2)14-8-6-7-13(3)11-14/h6-8,11H,4-5,9-10,12H2,1-3H3,(H,20,21). The van der Waals surface area contributed by atoms with E-state index in [0.717, 1.165) is 11.3 Å². The Balaban J connectivity index is 2.72. The highest BCUT2D eigenvalue weighted by atomic mass is 16.4. The molecule has 116 valence electrons. The quantitative estimate of drug-likeness (QED) is 0.797. The summed E-state index contributed by atoms with van der Waals surface area (Å²) in [5.74, 6) is -0.845. The number of amides is 1. The van der Waals surface area contributed by atoms with E-state index in [4.69, 9.17) is 5.11 Å². The molecule has 1 N–H and O–H groups in total. The smallest absolute Gasteiger partial charge is 0.304 e. The Hall–Kier alpha value is -1.88. The van der Waals surface area contributed by atoms with Crippen LogP contribution in [0, 0.1) is 6.92 Å². The molecule has 21 heavy (non-hydrogen) atoms. The van der Waals surface area contributed by atoms with Gasteiger partial charge in [0.05, 0.1) is 13.0 Å². The molecule has 1 amide bonds. The van der Waals surface area contributed by atoms with E-state index in [9.17, 15) is 9.59 Å². The van der Waals surface area contributed by atoms with E-state index in [1.54, 1.807) is 4.90 Å². The topological polar surface area (TPSA) is 60.9 Å². The summed E-state index contributed by atoms with van der Waals surface area (Å²) >= 11 is 0. The Kier molecular flexibility index (Phi) is 6.88. The highest BCUT2D eigenvalue weighted by Gasteiger charge is 2.17. The minimum atomic E-state index is -0.841. The molecule has 0 heterocycles. The maximum Gasteiger partial charge on any atom is 0.304 e. The van der Waals surface area contributed by atoms with Crippen molar-refractivity contribution in [1.82, 2.24) is 4.90 Å². The second-order valence-electron chi connectivity index (χ2n) is 4.99. The molecular formula is C16H24N2O3. The number of hydrogen-bond donors (Lipinski definition) is 1. The van der Waals surface area contributed by atoms with Gasteiger partial charge in [0.15, 0.2) is 0 Å². The molecule has 0 aliphatic heterocycles. The lowest BCUT2D eigenvalue weighted by atomic mass is 10.2. The molecule has 1 aromatic rings. The third-order valence-electron chi connectivity index (χ3n) is 3.38. The summed E-state index contributed by atoms with van der Waals surface area (Å²) in [6, 6.07) is 7.83. The molecule has 0 aromatic heterocycles. The maximum atomic E-state index is 12.4. The molecule has 0 atom stereocenters. The van der Waals surface area contributed by atoms with Crippen LogP contribution in [-0.4, -0.2) is 48.1 Å². The summed E-state index contributed by atoms with van der Waals surface area (Å²) in [6.07, 6.45) is 0.0533. The van der Waals surface area contributed by atoms with Crippen molar-refractivity contribution in [3.05, 3.63) is 29.8 Å². The number of carbonyl (C=O) groups excluding carboxylic acids is 1. The third kappa shape index (κ3) is 5.55. The Bertz CT molecular complexity index is 488. The summed E-state index contributed by atoms with van der Waals surface area (Å²) in [5, 5.41) is 8.73. The van der Waals surface area contributed by atoms with Crippen LogP contribution in [0.25, 0.3) is 0 Å². The van der Waals surface area contributed by atoms with Crippen LogP contribution in [0.4, 0.5) is 5.69 Å². The first-order valence-corrected chi connectivity index (χ1v) is 7.29. The molecule has 0 unspecified atom stereocenters. The van der Waals surface area contributed by atoms with Crippen molar-refractivity contribution >= 4 is 17.6 Å². The van der Waals surface area contributed by atoms with E-state index >= 15 is 0 Å². The molecule has 0 saturated heterocycles. The van der Waals surface area contributed by atoms with Gasteiger partial charge < -0.3 is 10.0 Å². The molecule has 0 aliphatic carbocycles. The van der Waals surface area contributed by atoms with E-state index in [0.29, 0.717) is 19.6 Å². The van der Waals surface area contributed by atoms with Crippen molar-refractivity contribution < 1.29 is 14.7 Å². The predicted molar refractivity (Wildman–Crippen MR) is 83.6 cm³/mol. The maximum absolute atomic E-state index is 12.4. The van der Waals surface area contributed by atoms with Crippen molar-refractivity contribution in [2.45, 2.75) is 27.2 Å². The number of carboxylic acids is 1. The van der Waals surface area contributed by atoms with E-state index in [2.05, 4.69) is 0 Å². The number of rotatable bonds is 8. The van der Waals surface area contributed by atoms with Gasteiger partial charge in [-0.1, -0.05) is 19.1 Å². The average molecular weight is 292 g/mol. The van der Waals surface area contributed by atoms with Crippen LogP contribution in [0.5, 0.6) is 0 Å². The van der Waals surface area contributed by atoms with Crippen LogP contribution in [0.3, 0.4) is 0 Å². The lowest BCUT2D eigenvalue weighted by Gasteiger charge is -2.26. The van der Waals surface area contributed by atoms with Gasteiger partial charge in [-0.2, -0.15) is 0 Å². The van der Waals surface area contributed by atoms with Gasteiger partial charge in [-0.15, -0.1) is 0 Å². The number of aliphatic carboxylic acids is 1. The second kappa shape index (κ2) is 8.42. The van der Waals surface area contributed by atoms with Crippen LogP contribution in [0.15, 0.2) is 24.3 Å². The monoisotopic (exact) mass is 292 g/mol. The van der Waals surface area contributed by atoms with Crippen molar-refractivity contribution in [3.8, 4) is 0 Å². The van der Waals surface area contributed by atoms with Gasteiger partial charge in [0.25, 0.3) is 0 Å². The minimum Gasteiger partial charge on any atom is -0.481 e. The number of benzene rings is 1. The predicted octanol–water partition coefficient (Wildman–Crippen LogP) is 2.14. The molecule has 0 spiro atoms. The fourth-order valence-corrected chi connectivity index (χ4v) is 2.18. The summed E-state index contributed by atoms with van der Waals surface area (Å²) in [5.41, 5.74) is 1.99. The summed E-state index contributed by atoms with van der Waals surface area (Å²) in [6.45, 7) is 7.75. The number of carboxylic acid groups (broad SMARTS) is 1. The van der Waals surface area contributed by atoms with Gasteiger partial charge in [-0.25, -0.2) is 0 Å². The zero-order chi connectivity index (χ0) is 15.8. The number of hydrogen-bond acceptors (Lipinski definition) is 3. The van der Waals surface area contributed by atoms with Crippen LogP contribution >= 0.6 is 0 Å². The first-order chi connectivity index (χ1) is 9.97. The van der Waals surface area contributed by atoms with Gasteiger partial charge in [0, 0.05) is 18.8 Å². The molecule has 5 heteroatoms. The number of anilines is 1. The fourth-order valence-electron chi connectivity index (χ4n) is 2.18. The first kappa shape index (κ1) is 17.2. The number of likely N-dealkylation sites (N-methyl/N-ethyl adjacent to an activating group) is 2. The number of carbonyl (C=O) groups is 2. The SMILES string of the molecule is CCN(CCC(=O)O)CC(=O)N(CC)c1cccc(C)c1. The van der Waals surface area contributed by atoms with Gasteiger partial charge >= 0.3 is 5.97 Å². The molecule has 0 aliphatic rings. The number of nitrogens with zero attached hydrogens (tertiary/aromatic N) is 2. The van der Waals surface area contributed by atoms with Gasteiger partial charge in [-0.3, -0.25) is 14.5 Å². The Labute approximate surface area is 126 Å². The van der Waals surface area contributed by atoms with Crippen LogP contribution in [0.2, 0.25) is 0 Å². The Morgan fingerprint density at radius 1 is 1.19 bits per heavy atom. The summed E-state index contributed by atoms with van der Waals surface area (Å²) in [4.78, 5) is 26.7. The summed E-state index contributed by atoms with van der Waals surface area (Å²) < 4.78 is 0. The average Bonchev–Trinajstić information content (AvgIpc) is 2.44. The molecule has 1 rings (SSSR count). The van der Waals surface area contributed by atoms with Crippen LogP contribution in [-0.2, 0) is 9.59 Å². The van der Waals surface area contributed by atoms with Crippen molar-refractivity contribution in [2.24, 2.45) is 0 Å². The Morgan fingerprint density at radius 3 is 2.43 bits per heavy atom. The molecule has 0 radical (unpaired) electrons. The molecule has 5 nitrogen and oxygen atoms in total. The minimum absolute atomic E-state index is 0.00432. The molecule has 0 saturated carbocycles. The molecular weight excluding hydrogens is 268 g/mol. The summed E-state index contributed by atoms with van der Waals surface area (Å²) in [7, 11) is 0. The van der Waals surface area contributed by atoms with Crippen molar-refractivity contribution in [3.63, 3.8) is 0 Å². The zero-order valence-electron chi connectivity index (χ0n) is 13.0. The van der Waals surface area contributed by atoms with Gasteiger partial charge in [0.1, 0.15) is 0 Å². The first-order valence-electron chi connectivity index (χ1n) is 7.29. The fraction of sp³-hybridized carbons (Fsp3) is 0.500. The third-order valence-corrected chi connectivity index (χ3v) is 3.38.